The van der Waals surface area contributed by atoms with Gasteiger partial charge in [0.2, 0.25) is 11.8 Å². The fourth-order valence-electron chi connectivity index (χ4n) is 3.57. The average molecular weight is 328 g/mol. The minimum Gasteiger partial charge on any atom is -0.355 e. The first-order valence-corrected chi connectivity index (χ1v) is 9.30. The van der Waals surface area contributed by atoms with Gasteiger partial charge in [0.25, 0.3) is 0 Å². The molecule has 0 unspecified atom stereocenters. The molecule has 1 saturated carbocycles. The van der Waals surface area contributed by atoms with Crippen LogP contribution in [0.1, 0.15) is 50.5 Å². The number of nitrogens with one attached hydrogen (secondary N) is 1. The molecule has 1 aromatic carbocycles. The van der Waals surface area contributed by atoms with E-state index in [9.17, 15) is 9.59 Å². The number of likely N-dealkylation sites (tertiary alicyclic amines) is 1. The van der Waals surface area contributed by atoms with Crippen LogP contribution >= 0.6 is 0 Å². The van der Waals surface area contributed by atoms with Crippen molar-refractivity contribution in [3.63, 3.8) is 0 Å². The monoisotopic (exact) mass is 328 g/mol. The summed E-state index contributed by atoms with van der Waals surface area (Å²) >= 11 is 0. The second-order valence-corrected chi connectivity index (χ2v) is 7.16. The molecule has 1 aromatic rings. The largest absolute Gasteiger partial charge is 0.355 e. The van der Waals surface area contributed by atoms with Gasteiger partial charge in [0.05, 0.1) is 5.92 Å². The van der Waals surface area contributed by atoms with E-state index in [-0.39, 0.29) is 23.7 Å². The second kappa shape index (κ2) is 7.82. The highest BCUT2D eigenvalue weighted by atomic mass is 16.2. The molecule has 130 valence electrons. The van der Waals surface area contributed by atoms with E-state index < -0.39 is 0 Å². The van der Waals surface area contributed by atoms with Gasteiger partial charge in [-0.1, -0.05) is 37.3 Å². The average Bonchev–Trinajstić information content (AvgIpc) is 3.47. The zero-order valence-electron chi connectivity index (χ0n) is 14.5. The maximum absolute atomic E-state index is 12.6. The zero-order chi connectivity index (χ0) is 16.9. The molecule has 1 aliphatic carbocycles. The predicted octanol–water partition coefficient (Wildman–Crippen LogP) is 2.95. The van der Waals surface area contributed by atoms with E-state index >= 15 is 0 Å². The van der Waals surface area contributed by atoms with Crippen molar-refractivity contribution in [3.05, 3.63) is 35.9 Å². The minimum atomic E-state index is -0.0465. The van der Waals surface area contributed by atoms with Crippen molar-refractivity contribution in [3.8, 4) is 0 Å². The van der Waals surface area contributed by atoms with Gasteiger partial charge >= 0.3 is 0 Å². The predicted molar refractivity (Wildman–Crippen MR) is 94.5 cm³/mol. The van der Waals surface area contributed by atoms with Crippen LogP contribution in [-0.2, 0) is 9.59 Å². The summed E-state index contributed by atoms with van der Waals surface area (Å²) in [7, 11) is 0. The third kappa shape index (κ3) is 4.16. The van der Waals surface area contributed by atoms with Gasteiger partial charge in [-0.25, -0.2) is 0 Å². The topological polar surface area (TPSA) is 49.4 Å². The number of amides is 2. The van der Waals surface area contributed by atoms with Crippen molar-refractivity contribution < 1.29 is 9.59 Å². The van der Waals surface area contributed by atoms with Crippen molar-refractivity contribution in [2.75, 3.05) is 19.6 Å². The highest BCUT2D eigenvalue weighted by molar-refractivity contribution is 5.83. The molecule has 0 aromatic heterocycles. The number of rotatable bonds is 6. The summed E-state index contributed by atoms with van der Waals surface area (Å²) in [6, 6.07) is 10.3. The van der Waals surface area contributed by atoms with Crippen LogP contribution in [0, 0.1) is 11.8 Å². The molecule has 3 rings (SSSR count). The molecule has 24 heavy (non-hydrogen) atoms. The minimum absolute atomic E-state index is 0.0465. The number of piperidine rings is 1. The van der Waals surface area contributed by atoms with Gasteiger partial charge in [-0.15, -0.1) is 0 Å². The lowest BCUT2D eigenvalue weighted by Crippen LogP contribution is -2.46. The molecular formula is C20H28N2O2. The Hall–Kier alpha value is -1.84. The standard InChI is InChI=1S/C20H28N2O2/c1-2-15(16-7-4-3-5-8-16)13-21-19(23)18-9-6-12-22(14-18)20(24)17-10-11-17/h3-5,7-8,15,17-18H,2,6,9-14H2,1H3,(H,21,23)/t15-,18-/m1/s1. The van der Waals surface area contributed by atoms with E-state index in [1.54, 1.807) is 0 Å². The first-order valence-electron chi connectivity index (χ1n) is 9.30. The van der Waals surface area contributed by atoms with Crippen molar-refractivity contribution >= 4 is 11.8 Å². The zero-order valence-corrected chi connectivity index (χ0v) is 14.5. The molecule has 0 bridgehead atoms. The summed E-state index contributed by atoms with van der Waals surface area (Å²) in [5.41, 5.74) is 1.27. The van der Waals surface area contributed by atoms with Crippen LogP contribution in [0.5, 0.6) is 0 Å². The molecular weight excluding hydrogens is 300 g/mol. The first kappa shape index (κ1) is 17.0. The van der Waals surface area contributed by atoms with Crippen molar-refractivity contribution in [1.29, 1.82) is 0 Å². The van der Waals surface area contributed by atoms with Gasteiger partial charge in [0.15, 0.2) is 0 Å². The van der Waals surface area contributed by atoms with Crippen molar-refractivity contribution in [2.45, 2.75) is 44.9 Å². The molecule has 0 radical (unpaired) electrons. The van der Waals surface area contributed by atoms with Gasteiger partial charge in [-0.3, -0.25) is 9.59 Å². The van der Waals surface area contributed by atoms with Gasteiger partial charge in [0.1, 0.15) is 0 Å². The maximum Gasteiger partial charge on any atom is 0.225 e. The van der Waals surface area contributed by atoms with Crippen LogP contribution in [0.25, 0.3) is 0 Å². The number of hydrogen-bond donors (Lipinski definition) is 1. The van der Waals surface area contributed by atoms with E-state index in [0.29, 0.717) is 19.0 Å². The molecule has 4 heteroatoms. The van der Waals surface area contributed by atoms with Crippen molar-refractivity contribution in [1.82, 2.24) is 10.2 Å². The molecule has 2 amide bonds. The van der Waals surface area contributed by atoms with Gasteiger partial charge in [-0.05, 0) is 37.7 Å². The number of carbonyl (C=O) groups is 2. The second-order valence-electron chi connectivity index (χ2n) is 7.16. The van der Waals surface area contributed by atoms with E-state index in [0.717, 1.165) is 38.6 Å². The molecule has 1 saturated heterocycles. The van der Waals surface area contributed by atoms with Crippen LogP contribution in [0.15, 0.2) is 30.3 Å². The van der Waals surface area contributed by atoms with E-state index in [4.69, 9.17) is 0 Å². The quantitative estimate of drug-likeness (QED) is 0.873. The summed E-state index contributed by atoms with van der Waals surface area (Å²) in [5, 5.41) is 3.13. The molecule has 4 nitrogen and oxygen atoms in total. The summed E-state index contributed by atoms with van der Waals surface area (Å²) in [6.07, 6.45) is 4.89. The highest BCUT2D eigenvalue weighted by Crippen LogP contribution is 2.32. The Labute approximate surface area is 144 Å². The lowest BCUT2D eigenvalue weighted by molar-refractivity contribution is -0.136. The van der Waals surface area contributed by atoms with E-state index in [1.165, 1.54) is 5.56 Å². The lowest BCUT2D eigenvalue weighted by Gasteiger charge is -2.32. The summed E-state index contributed by atoms with van der Waals surface area (Å²) in [5.74, 6) is 0.924. The summed E-state index contributed by atoms with van der Waals surface area (Å²) in [6.45, 7) is 4.25. The Morgan fingerprint density at radius 3 is 2.58 bits per heavy atom. The summed E-state index contributed by atoms with van der Waals surface area (Å²) < 4.78 is 0. The Balaban J connectivity index is 1.51. The Bertz CT molecular complexity index is 568. The Morgan fingerprint density at radius 1 is 1.17 bits per heavy atom. The number of hydrogen-bond acceptors (Lipinski definition) is 2. The third-order valence-electron chi connectivity index (χ3n) is 5.32. The van der Waals surface area contributed by atoms with Crippen molar-refractivity contribution in [2.24, 2.45) is 11.8 Å². The van der Waals surface area contributed by atoms with Crippen LogP contribution < -0.4 is 5.32 Å². The van der Waals surface area contributed by atoms with Gasteiger partial charge in [0, 0.05) is 31.5 Å². The molecule has 0 spiro atoms. The molecule has 2 fully saturated rings. The van der Waals surface area contributed by atoms with Crippen LogP contribution in [0.2, 0.25) is 0 Å². The third-order valence-corrected chi connectivity index (χ3v) is 5.32. The van der Waals surface area contributed by atoms with Crippen LogP contribution in [0.4, 0.5) is 0 Å². The summed E-state index contributed by atoms with van der Waals surface area (Å²) in [4.78, 5) is 26.7. The normalized spacial score (nSPS) is 22.0. The number of carbonyl (C=O) groups excluding carboxylic acids is 2. The van der Waals surface area contributed by atoms with Crippen LogP contribution in [0.3, 0.4) is 0 Å². The smallest absolute Gasteiger partial charge is 0.225 e. The highest BCUT2D eigenvalue weighted by Gasteiger charge is 2.36. The first-order chi connectivity index (χ1) is 11.7. The van der Waals surface area contributed by atoms with Gasteiger partial charge in [-0.2, -0.15) is 0 Å². The fraction of sp³-hybridized carbons (Fsp3) is 0.600. The maximum atomic E-state index is 12.6. The van der Waals surface area contributed by atoms with E-state index in [1.807, 2.05) is 23.1 Å². The van der Waals surface area contributed by atoms with Gasteiger partial charge < -0.3 is 10.2 Å². The van der Waals surface area contributed by atoms with Crippen LogP contribution in [-0.4, -0.2) is 36.3 Å². The molecule has 1 N–H and O–H groups in total. The Kier molecular flexibility index (Phi) is 5.54. The molecule has 2 aliphatic rings. The molecule has 2 atom stereocenters. The number of nitrogens with zero attached hydrogens (tertiary/aromatic N) is 1. The fourth-order valence-corrected chi connectivity index (χ4v) is 3.57. The number of benzene rings is 1. The SMILES string of the molecule is CC[C@H](CNC(=O)[C@@H]1CCCN(C(=O)C2CC2)C1)c1ccccc1. The lowest BCUT2D eigenvalue weighted by atomic mass is 9.94. The Morgan fingerprint density at radius 2 is 1.92 bits per heavy atom. The molecule has 1 aliphatic heterocycles. The molecule has 1 heterocycles. The van der Waals surface area contributed by atoms with E-state index in [2.05, 4.69) is 24.4 Å².